The van der Waals surface area contributed by atoms with E-state index < -0.39 is 0 Å². The van der Waals surface area contributed by atoms with E-state index in [0.29, 0.717) is 12.6 Å². The van der Waals surface area contributed by atoms with Crippen molar-refractivity contribution in [3.05, 3.63) is 53.8 Å². The summed E-state index contributed by atoms with van der Waals surface area (Å²) in [5.41, 5.74) is 2.86. The highest BCUT2D eigenvalue weighted by atomic mass is 19.1. The molecule has 2 aromatic rings. The molecule has 27 heavy (non-hydrogen) atoms. The first kappa shape index (κ1) is 16.9. The van der Waals surface area contributed by atoms with Gasteiger partial charge in [-0.3, -0.25) is 4.90 Å². The lowest BCUT2D eigenvalue weighted by Crippen LogP contribution is -2.56. The highest BCUT2D eigenvalue weighted by Gasteiger charge is 2.52. The van der Waals surface area contributed by atoms with Crippen molar-refractivity contribution < 1.29 is 13.9 Å². The lowest BCUT2D eigenvalue weighted by molar-refractivity contribution is 0.120. The fraction of sp³-hybridized carbons (Fsp3) is 0.455. The first-order valence-electron chi connectivity index (χ1n) is 9.79. The minimum Gasteiger partial charge on any atom is -0.492 e. The predicted octanol–water partition coefficient (Wildman–Crippen LogP) is 3.45. The molecule has 0 amide bonds. The van der Waals surface area contributed by atoms with Gasteiger partial charge in [0.1, 0.15) is 30.5 Å². The largest absolute Gasteiger partial charge is 0.492 e. The maximum absolute atomic E-state index is 13.0. The van der Waals surface area contributed by atoms with E-state index in [4.69, 9.17) is 9.47 Å². The molecular weight excluding hydrogens is 343 g/mol. The SMILES string of the molecule is CC12CN(CCOc3ccc(F)cc3)CCC1N1CCOc3cccc2c31. The third kappa shape index (κ3) is 2.76. The molecule has 0 N–H and O–H groups in total. The zero-order chi connectivity index (χ0) is 18.4. The van der Waals surface area contributed by atoms with Gasteiger partial charge in [0.05, 0.1) is 12.2 Å². The van der Waals surface area contributed by atoms with E-state index in [1.807, 2.05) is 0 Å². The zero-order valence-electron chi connectivity index (χ0n) is 15.7. The van der Waals surface area contributed by atoms with Gasteiger partial charge in [-0.25, -0.2) is 4.39 Å². The highest BCUT2D eigenvalue weighted by Crippen LogP contribution is 2.53. The number of para-hydroxylation sites is 1. The summed E-state index contributed by atoms with van der Waals surface area (Å²) in [6.07, 6.45) is 1.15. The summed E-state index contributed by atoms with van der Waals surface area (Å²) < 4.78 is 24.7. The van der Waals surface area contributed by atoms with Crippen molar-refractivity contribution in [2.45, 2.75) is 24.8 Å². The molecule has 3 aliphatic rings. The summed E-state index contributed by atoms with van der Waals surface area (Å²) >= 11 is 0. The van der Waals surface area contributed by atoms with Crippen LogP contribution in [0, 0.1) is 5.82 Å². The highest BCUT2D eigenvalue weighted by molar-refractivity contribution is 5.73. The average molecular weight is 368 g/mol. The second-order valence-electron chi connectivity index (χ2n) is 7.99. The molecule has 5 rings (SSSR count). The number of anilines is 1. The van der Waals surface area contributed by atoms with Gasteiger partial charge < -0.3 is 14.4 Å². The molecule has 0 aliphatic carbocycles. The smallest absolute Gasteiger partial charge is 0.143 e. The molecule has 0 bridgehead atoms. The molecule has 2 aromatic carbocycles. The van der Waals surface area contributed by atoms with Gasteiger partial charge in [-0.2, -0.15) is 0 Å². The van der Waals surface area contributed by atoms with Crippen molar-refractivity contribution in [3.63, 3.8) is 0 Å². The Kier molecular flexibility index (Phi) is 4.01. The third-order valence-electron chi connectivity index (χ3n) is 6.36. The van der Waals surface area contributed by atoms with Crippen LogP contribution in [0.1, 0.15) is 18.9 Å². The number of halogens is 1. The summed E-state index contributed by atoms with van der Waals surface area (Å²) in [6.45, 7) is 7.76. The molecule has 5 heteroatoms. The first-order chi connectivity index (χ1) is 13.1. The fourth-order valence-corrected chi connectivity index (χ4v) is 5.12. The van der Waals surface area contributed by atoms with E-state index in [1.54, 1.807) is 12.1 Å². The number of rotatable bonds is 4. The quantitative estimate of drug-likeness (QED) is 0.825. The Morgan fingerprint density at radius 3 is 2.89 bits per heavy atom. The van der Waals surface area contributed by atoms with Crippen molar-refractivity contribution >= 4 is 5.69 Å². The number of ether oxygens (including phenoxy) is 2. The Labute approximate surface area is 159 Å². The molecule has 0 aromatic heterocycles. The molecule has 1 fully saturated rings. The molecule has 0 saturated carbocycles. The zero-order valence-corrected chi connectivity index (χ0v) is 15.7. The summed E-state index contributed by atoms with van der Waals surface area (Å²) in [7, 11) is 0. The molecule has 0 radical (unpaired) electrons. The minimum absolute atomic E-state index is 0.118. The van der Waals surface area contributed by atoms with Gasteiger partial charge in [-0.15, -0.1) is 0 Å². The van der Waals surface area contributed by atoms with Gasteiger partial charge in [-0.05, 0) is 42.3 Å². The second kappa shape index (κ2) is 6.41. The predicted molar refractivity (Wildman–Crippen MR) is 103 cm³/mol. The Morgan fingerprint density at radius 2 is 2.04 bits per heavy atom. The number of benzene rings is 2. The molecule has 3 aliphatic heterocycles. The Hall–Kier alpha value is -2.27. The number of hydrogen-bond acceptors (Lipinski definition) is 4. The van der Waals surface area contributed by atoms with Crippen molar-refractivity contribution in [2.24, 2.45) is 0 Å². The van der Waals surface area contributed by atoms with Gasteiger partial charge in [-0.1, -0.05) is 19.1 Å². The van der Waals surface area contributed by atoms with Crippen LogP contribution < -0.4 is 14.4 Å². The van der Waals surface area contributed by atoms with Crippen LogP contribution in [0.15, 0.2) is 42.5 Å². The van der Waals surface area contributed by atoms with Gasteiger partial charge in [0.15, 0.2) is 0 Å². The summed E-state index contributed by atoms with van der Waals surface area (Å²) in [5, 5.41) is 0. The summed E-state index contributed by atoms with van der Waals surface area (Å²) in [4.78, 5) is 5.08. The van der Waals surface area contributed by atoms with Crippen molar-refractivity contribution in [3.8, 4) is 11.5 Å². The number of nitrogens with zero attached hydrogens (tertiary/aromatic N) is 2. The van der Waals surface area contributed by atoms with Crippen LogP contribution in [-0.4, -0.2) is 50.3 Å². The van der Waals surface area contributed by atoms with E-state index >= 15 is 0 Å². The Bertz CT molecular complexity index is 841. The van der Waals surface area contributed by atoms with E-state index in [1.165, 1.54) is 23.4 Å². The Morgan fingerprint density at radius 1 is 1.19 bits per heavy atom. The van der Waals surface area contributed by atoms with Crippen molar-refractivity contribution in [1.29, 1.82) is 0 Å². The molecule has 3 heterocycles. The molecule has 2 atom stereocenters. The topological polar surface area (TPSA) is 24.9 Å². The van der Waals surface area contributed by atoms with Crippen LogP contribution in [0.3, 0.4) is 0 Å². The number of fused-ring (bicyclic) bond motifs is 3. The number of piperidine rings is 1. The van der Waals surface area contributed by atoms with Crippen LogP contribution in [0.2, 0.25) is 0 Å². The molecule has 0 spiro atoms. The van der Waals surface area contributed by atoms with Gasteiger partial charge in [0.2, 0.25) is 0 Å². The molecule has 1 saturated heterocycles. The lowest BCUT2D eigenvalue weighted by atomic mass is 9.74. The number of likely N-dealkylation sites (tertiary alicyclic amines) is 1. The Balaban J connectivity index is 1.29. The second-order valence-corrected chi connectivity index (χ2v) is 7.99. The maximum atomic E-state index is 13.0. The van der Waals surface area contributed by atoms with Crippen molar-refractivity contribution in [1.82, 2.24) is 4.90 Å². The van der Waals surface area contributed by atoms with Crippen LogP contribution in [-0.2, 0) is 5.41 Å². The lowest BCUT2D eigenvalue weighted by Gasteiger charge is -2.45. The summed E-state index contributed by atoms with van der Waals surface area (Å²) in [6, 6.07) is 13.3. The van der Waals surface area contributed by atoms with E-state index in [2.05, 4.69) is 34.9 Å². The molecule has 2 unspecified atom stereocenters. The third-order valence-corrected chi connectivity index (χ3v) is 6.36. The van der Waals surface area contributed by atoms with Gasteiger partial charge in [0.25, 0.3) is 0 Å². The van der Waals surface area contributed by atoms with E-state index in [0.717, 1.165) is 50.7 Å². The summed E-state index contributed by atoms with van der Waals surface area (Å²) in [5.74, 6) is 1.53. The molecular formula is C22H25FN2O2. The normalized spacial score (nSPS) is 26.3. The fourth-order valence-electron chi connectivity index (χ4n) is 5.12. The molecule has 142 valence electrons. The van der Waals surface area contributed by atoms with E-state index in [9.17, 15) is 4.39 Å². The van der Waals surface area contributed by atoms with Crippen LogP contribution in [0.4, 0.5) is 10.1 Å². The van der Waals surface area contributed by atoms with Crippen LogP contribution in [0.5, 0.6) is 11.5 Å². The minimum atomic E-state index is -0.234. The van der Waals surface area contributed by atoms with Gasteiger partial charge in [0, 0.05) is 31.1 Å². The van der Waals surface area contributed by atoms with Gasteiger partial charge >= 0.3 is 0 Å². The standard InChI is InChI=1S/C22H25FN2O2/c1-22-15-24(11-13-26-17-7-5-16(23)6-8-17)10-9-20(22)25-12-14-27-19-4-2-3-18(22)21(19)25/h2-8,20H,9-15H2,1H3. The van der Waals surface area contributed by atoms with Crippen LogP contribution in [0.25, 0.3) is 0 Å². The van der Waals surface area contributed by atoms with Crippen molar-refractivity contribution in [2.75, 3.05) is 44.3 Å². The van der Waals surface area contributed by atoms with E-state index in [-0.39, 0.29) is 11.2 Å². The maximum Gasteiger partial charge on any atom is 0.143 e. The first-order valence-corrected chi connectivity index (χ1v) is 9.79. The monoisotopic (exact) mass is 368 g/mol. The number of hydrogen-bond donors (Lipinski definition) is 0. The average Bonchev–Trinajstić information content (AvgIpc) is 2.94. The van der Waals surface area contributed by atoms with Crippen LogP contribution >= 0.6 is 0 Å². The molecule has 4 nitrogen and oxygen atoms in total.